The largest absolute Gasteiger partial charge is 0.496 e. The first-order valence-corrected chi connectivity index (χ1v) is 10.6. The summed E-state index contributed by atoms with van der Waals surface area (Å²) in [5.74, 6) is 2.57. The zero-order chi connectivity index (χ0) is 18.9. The number of nitrogens with one attached hydrogen (secondary N) is 1. The van der Waals surface area contributed by atoms with Crippen molar-refractivity contribution in [3.05, 3.63) is 35.9 Å². The molecule has 1 unspecified atom stereocenters. The number of nitrogens with zero attached hydrogens (tertiary/aromatic N) is 1. The highest BCUT2D eigenvalue weighted by Gasteiger charge is 2.28. The summed E-state index contributed by atoms with van der Waals surface area (Å²) in [6.45, 7) is 4.75. The quantitative estimate of drug-likeness (QED) is 0.651. The second-order valence-electron chi connectivity index (χ2n) is 8.16. The summed E-state index contributed by atoms with van der Waals surface area (Å²) in [5, 5.41) is 13.1. The van der Waals surface area contributed by atoms with Crippen LogP contribution in [0.3, 0.4) is 0 Å². The molecule has 0 spiro atoms. The average molecular weight is 373 g/mol. The fourth-order valence-corrected chi connectivity index (χ4v) is 4.65. The third-order valence-corrected chi connectivity index (χ3v) is 6.30. The highest BCUT2D eigenvalue weighted by atomic mass is 16.5. The molecule has 27 heavy (non-hydrogen) atoms. The van der Waals surface area contributed by atoms with Gasteiger partial charge in [-0.05, 0) is 69.5 Å². The van der Waals surface area contributed by atoms with Crippen molar-refractivity contribution >= 4 is 6.08 Å². The first-order chi connectivity index (χ1) is 13.3. The Bertz CT molecular complexity index is 581. The Hall–Kier alpha value is -1.36. The highest BCUT2D eigenvalue weighted by molar-refractivity contribution is 5.57. The van der Waals surface area contributed by atoms with Crippen LogP contribution in [0.25, 0.3) is 6.08 Å². The van der Waals surface area contributed by atoms with Gasteiger partial charge in [-0.1, -0.05) is 30.4 Å². The molecular formula is C23H36N2O2. The van der Waals surface area contributed by atoms with E-state index in [1.807, 2.05) is 18.2 Å². The number of aliphatic hydroxyl groups is 1. The lowest BCUT2D eigenvalue weighted by Gasteiger charge is -2.33. The van der Waals surface area contributed by atoms with Crippen molar-refractivity contribution in [2.45, 2.75) is 44.6 Å². The SMILES string of the molecule is COc1ccccc1/C=C\CNCC1CCC(CN2CCCC2CO)CC1. The van der Waals surface area contributed by atoms with Crippen LogP contribution >= 0.6 is 0 Å². The molecule has 0 radical (unpaired) electrons. The number of likely N-dealkylation sites (tertiary alicyclic amines) is 1. The topological polar surface area (TPSA) is 44.7 Å². The minimum absolute atomic E-state index is 0.335. The molecule has 1 aliphatic heterocycles. The maximum absolute atomic E-state index is 9.49. The molecule has 3 rings (SSSR count). The first-order valence-electron chi connectivity index (χ1n) is 10.6. The number of aliphatic hydroxyl groups excluding tert-OH is 1. The van der Waals surface area contributed by atoms with Crippen LogP contribution in [0.2, 0.25) is 0 Å². The van der Waals surface area contributed by atoms with Gasteiger partial charge >= 0.3 is 0 Å². The Labute approximate surface area is 164 Å². The normalized spacial score (nSPS) is 26.7. The van der Waals surface area contributed by atoms with Crippen molar-refractivity contribution in [2.75, 3.05) is 39.9 Å². The molecule has 4 heteroatoms. The van der Waals surface area contributed by atoms with Gasteiger partial charge in [0.2, 0.25) is 0 Å². The molecule has 0 aromatic heterocycles. The smallest absolute Gasteiger partial charge is 0.126 e. The maximum Gasteiger partial charge on any atom is 0.126 e. The molecule has 2 N–H and O–H groups in total. The number of hydrogen-bond donors (Lipinski definition) is 2. The van der Waals surface area contributed by atoms with Crippen molar-refractivity contribution < 1.29 is 9.84 Å². The molecular weight excluding hydrogens is 336 g/mol. The maximum atomic E-state index is 9.49. The number of methoxy groups -OCH3 is 1. The Morgan fingerprint density at radius 2 is 1.93 bits per heavy atom. The van der Waals surface area contributed by atoms with E-state index >= 15 is 0 Å². The van der Waals surface area contributed by atoms with Gasteiger partial charge in [0.25, 0.3) is 0 Å². The zero-order valence-electron chi connectivity index (χ0n) is 16.8. The Balaban J connectivity index is 1.31. The summed E-state index contributed by atoms with van der Waals surface area (Å²) >= 11 is 0. The predicted octanol–water partition coefficient (Wildman–Crippen LogP) is 3.56. The van der Waals surface area contributed by atoms with Gasteiger partial charge in [-0.15, -0.1) is 0 Å². The van der Waals surface area contributed by atoms with Gasteiger partial charge in [0, 0.05) is 24.7 Å². The molecule has 1 aromatic carbocycles. The van der Waals surface area contributed by atoms with Crippen molar-refractivity contribution in [2.24, 2.45) is 11.8 Å². The minimum atomic E-state index is 0.335. The van der Waals surface area contributed by atoms with Gasteiger partial charge in [0.1, 0.15) is 5.75 Å². The van der Waals surface area contributed by atoms with E-state index in [-0.39, 0.29) is 0 Å². The second-order valence-corrected chi connectivity index (χ2v) is 8.16. The summed E-state index contributed by atoms with van der Waals surface area (Å²) in [6, 6.07) is 8.55. The van der Waals surface area contributed by atoms with E-state index < -0.39 is 0 Å². The van der Waals surface area contributed by atoms with Gasteiger partial charge in [-0.3, -0.25) is 4.90 Å². The zero-order valence-corrected chi connectivity index (χ0v) is 16.8. The standard InChI is InChI=1S/C23H36N2O2/c1-27-23-9-3-2-6-21(23)7-4-14-24-16-19-10-12-20(13-11-19)17-25-15-5-8-22(25)18-26/h2-4,6-7,9,19-20,22,24,26H,5,8,10-18H2,1H3/b7-4-. The van der Waals surface area contributed by atoms with Gasteiger partial charge in [-0.2, -0.15) is 0 Å². The first kappa shape index (κ1) is 20.4. The summed E-state index contributed by atoms with van der Waals surface area (Å²) in [7, 11) is 1.72. The molecule has 0 bridgehead atoms. The van der Waals surface area contributed by atoms with Crippen LogP contribution in [0.1, 0.15) is 44.1 Å². The Morgan fingerprint density at radius 3 is 2.70 bits per heavy atom. The van der Waals surface area contributed by atoms with Crippen molar-refractivity contribution in [1.82, 2.24) is 10.2 Å². The fraction of sp³-hybridized carbons (Fsp3) is 0.652. The monoisotopic (exact) mass is 372 g/mol. The molecule has 0 amide bonds. The molecule has 1 atom stereocenters. The van der Waals surface area contributed by atoms with Crippen LogP contribution in [-0.4, -0.2) is 55.9 Å². The van der Waals surface area contributed by atoms with Crippen LogP contribution in [0.15, 0.2) is 30.3 Å². The lowest BCUT2D eigenvalue weighted by atomic mass is 9.81. The van der Waals surface area contributed by atoms with Crippen LogP contribution in [0.5, 0.6) is 5.75 Å². The van der Waals surface area contributed by atoms with Gasteiger partial charge in [-0.25, -0.2) is 0 Å². The molecule has 150 valence electrons. The summed E-state index contributed by atoms with van der Waals surface area (Å²) < 4.78 is 5.38. The van der Waals surface area contributed by atoms with Gasteiger partial charge in [0.05, 0.1) is 13.7 Å². The molecule has 1 saturated carbocycles. The lowest BCUT2D eigenvalue weighted by molar-refractivity contribution is 0.124. The summed E-state index contributed by atoms with van der Waals surface area (Å²) in [5.41, 5.74) is 1.13. The molecule has 1 aliphatic carbocycles. The average Bonchev–Trinajstić information content (AvgIpc) is 3.16. The summed E-state index contributed by atoms with van der Waals surface area (Å²) in [4.78, 5) is 2.53. The van der Waals surface area contributed by atoms with E-state index in [2.05, 4.69) is 28.4 Å². The minimum Gasteiger partial charge on any atom is -0.496 e. The number of ether oxygens (including phenoxy) is 1. The van der Waals surface area contributed by atoms with Gasteiger partial charge < -0.3 is 15.2 Å². The molecule has 2 fully saturated rings. The second kappa shape index (κ2) is 10.8. The molecule has 2 aliphatic rings. The number of benzene rings is 1. The van der Waals surface area contributed by atoms with Crippen LogP contribution < -0.4 is 10.1 Å². The van der Waals surface area contributed by atoms with Gasteiger partial charge in [0.15, 0.2) is 0 Å². The Morgan fingerprint density at radius 1 is 1.15 bits per heavy atom. The van der Waals surface area contributed by atoms with E-state index in [1.54, 1.807) is 7.11 Å². The number of rotatable bonds is 9. The predicted molar refractivity (Wildman–Crippen MR) is 112 cm³/mol. The van der Waals surface area contributed by atoms with E-state index in [1.165, 1.54) is 51.6 Å². The van der Waals surface area contributed by atoms with Crippen molar-refractivity contribution in [3.63, 3.8) is 0 Å². The number of hydrogen-bond acceptors (Lipinski definition) is 4. The molecule has 1 saturated heterocycles. The molecule has 4 nitrogen and oxygen atoms in total. The van der Waals surface area contributed by atoms with E-state index in [0.717, 1.165) is 36.2 Å². The summed E-state index contributed by atoms with van der Waals surface area (Å²) in [6.07, 6.45) is 12.1. The third-order valence-electron chi connectivity index (χ3n) is 6.30. The van der Waals surface area contributed by atoms with Crippen LogP contribution in [0, 0.1) is 11.8 Å². The molecule has 1 aromatic rings. The van der Waals surface area contributed by atoms with Crippen molar-refractivity contribution in [3.8, 4) is 5.75 Å². The van der Waals surface area contributed by atoms with E-state index in [9.17, 15) is 5.11 Å². The third kappa shape index (κ3) is 6.06. The molecule has 1 heterocycles. The van der Waals surface area contributed by atoms with Crippen LogP contribution in [-0.2, 0) is 0 Å². The fourth-order valence-electron chi connectivity index (χ4n) is 4.65. The van der Waals surface area contributed by atoms with E-state index in [4.69, 9.17) is 4.74 Å². The number of para-hydroxylation sites is 1. The highest BCUT2D eigenvalue weighted by Crippen LogP contribution is 2.30. The van der Waals surface area contributed by atoms with E-state index in [0.29, 0.717) is 12.6 Å². The van der Waals surface area contributed by atoms with Crippen molar-refractivity contribution in [1.29, 1.82) is 0 Å². The lowest BCUT2D eigenvalue weighted by Crippen LogP contribution is -2.37. The van der Waals surface area contributed by atoms with Crippen LogP contribution in [0.4, 0.5) is 0 Å². The Kier molecular flexibility index (Phi) is 8.18.